The van der Waals surface area contributed by atoms with E-state index in [4.69, 9.17) is 27.9 Å². The number of methoxy groups -OCH3 is 1. The number of hydrogen-bond donors (Lipinski definition) is 1. The monoisotopic (exact) mass is 708 g/mol. The number of allylic oxidation sites excluding steroid dienone is 2. The van der Waals surface area contributed by atoms with E-state index in [0.717, 1.165) is 13.9 Å². The van der Waals surface area contributed by atoms with Crippen LogP contribution in [0.1, 0.15) is 23.9 Å². The van der Waals surface area contributed by atoms with Gasteiger partial charge in [0.25, 0.3) is 11.8 Å². The molecule has 2 aliphatic heterocycles. The predicted octanol–water partition coefficient (Wildman–Crippen LogP) is 4.41. The number of phenolic OH excluding ortho intramolecular Hbond substituents is 1. The maximum absolute atomic E-state index is 15.2. The zero-order valence-corrected chi connectivity index (χ0v) is 25.7. The lowest BCUT2D eigenvalue weighted by Gasteiger charge is -2.49. The summed E-state index contributed by atoms with van der Waals surface area (Å²) in [6.07, 6.45) is 0.642. The van der Waals surface area contributed by atoms with Gasteiger partial charge >= 0.3 is 11.4 Å². The molecule has 2 amide bonds. The minimum Gasteiger partial charge on any atom is -0.504 e. The number of hydrogen-bond acceptors (Lipinski definition) is 6. The number of aromatic hydroxyl groups is 1. The molecule has 1 saturated carbocycles. The Hall–Kier alpha value is -4.89. The van der Waals surface area contributed by atoms with Crippen molar-refractivity contribution < 1.29 is 41.4 Å². The Balaban J connectivity index is 1.52. The third-order valence-electron chi connectivity index (χ3n) is 9.06. The van der Waals surface area contributed by atoms with Crippen LogP contribution in [0.2, 0.25) is 0 Å². The van der Waals surface area contributed by atoms with E-state index in [9.17, 15) is 37.5 Å². The van der Waals surface area contributed by atoms with Gasteiger partial charge in [0.05, 0.1) is 25.4 Å². The molecule has 4 aromatic rings. The van der Waals surface area contributed by atoms with Gasteiger partial charge in [-0.25, -0.2) is 50.4 Å². The van der Waals surface area contributed by atoms with Crippen LogP contribution in [-0.2, 0) is 16.1 Å². The molecule has 3 heterocycles. The smallest absolute Gasteiger partial charge is 0.352 e. The second kappa shape index (κ2) is 10.6. The summed E-state index contributed by atoms with van der Waals surface area (Å²) in [6, 6.07) is 10.5. The molecule has 0 spiro atoms. The molecule has 10 nitrogen and oxygen atoms in total. The first-order chi connectivity index (χ1) is 22.7. The third-order valence-corrected chi connectivity index (χ3v) is 10.5. The van der Waals surface area contributed by atoms with E-state index >= 15 is 8.78 Å². The van der Waals surface area contributed by atoms with Crippen LogP contribution in [0, 0.1) is 29.1 Å². The normalized spacial score (nSPS) is 24.7. The number of halogens is 7. The fourth-order valence-electron chi connectivity index (χ4n) is 6.91. The van der Waals surface area contributed by atoms with E-state index in [2.05, 4.69) is 0 Å². The van der Waals surface area contributed by atoms with Crippen molar-refractivity contribution >= 4 is 40.7 Å². The largest absolute Gasteiger partial charge is 0.504 e. The van der Waals surface area contributed by atoms with Gasteiger partial charge in [-0.3, -0.25) is 9.59 Å². The summed E-state index contributed by atoms with van der Waals surface area (Å²) >= 11 is 14.1. The van der Waals surface area contributed by atoms with Crippen molar-refractivity contribution in [3.8, 4) is 17.2 Å². The Bertz CT molecular complexity index is 2230. The van der Waals surface area contributed by atoms with E-state index in [1.165, 1.54) is 43.5 Å². The Kier molecular flexibility index (Phi) is 6.97. The van der Waals surface area contributed by atoms with Crippen molar-refractivity contribution in [2.45, 2.75) is 34.7 Å². The minimum absolute atomic E-state index is 0.0811. The number of rotatable bonds is 4. The van der Waals surface area contributed by atoms with Gasteiger partial charge in [-0.05, 0) is 23.8 Å². The summed E-state index contributed by atoms with van der Waals surface area (Å²) < 4.78 is 81.1. The van der Waals surface area contributed by atoms with Gasteiger partial charge < -0.3 is 9.84 Å². The average molecular weight is 709 g/mol. The standard InChI is InChI=1S/C31H19Cl2F5N4O6/c1-48-17-9-5-8-15(25(17)43)18-14-10-11-39-28(46)40(13-6-3-2-4-7-13)29(47)42(39)16(14)12-30(32)26(44)41(27(45)31(18,30)33)24-22(37)20(35)19(34)21(36)23(24)38/h2-10,16,18,43H,11-12H2,1H3. The van der Waals surface area contributed by atoms with Gasteiger partial charge in [-0.2, -0.15) is 0 Å². The molecule has 0 radical (unpaired) electrons. The summed E-state index contributed by atoms with van der Waals surface area (Å²) in [5.74, 6) is -18.2. The molecule has 1 saturated heterocycles. The van der Waals surface area contributed by atoms with Crippen LogP contribution in [0.5, 0.6) is 11.5 Å². The van der Waals surface area contributed by atoms with Crippen molar-refractivity contribution in [3.63, 3.8) is 0 Å². The maximum Gasteiger partial charge on any atom is 0.352 e. The van der Waals surface area contributed by atoms with Crippen LogP contribution in [0.25, 0.3) is 5.69 Å². The van der Waals surface area contributed by atoms with Gasteiger partial charge in [-0.15, -0.1) is 23.2 Å². The van der Waals surface area contributed by atoms with Gasteiger partial charge in [0.1, 0.15) is 5.69 Å². The van der Waals surface area contributed by atoms with E-state index < -0.39 is 91.8 Å². The number of benzene rings is 3. The van der Waals surface area contributed by atoms with Gasteiger partial charge in [-0.1, -0.05) is 36.4 Å². The molecule has 4 unspecified atom stereocenters. The lowest BCUT2D eigenvalue weighted by molar-refractivity contribution is -0.122. The Morgan fingerprint density at radius 2 is 1.46 bits per heavy atom. The van der Waals surface area contributed by atoms with Crippen LogP contribution >= 0.6 is 23.2 Å². The number of fused-ring (bicyclic) bond motifs is 4. The first-order valence-electron chi connectivity index (χ1n) is 14.1. The first kappa shape index (κ1) is 31.7. The van der Waals surface area contributed by atoms with Crippen molar-refractivity contribution in [2.24, 2.45) is 0 Å². The lowest BCUT2D eigenvalue weighted by atomic mass is 9.64. The molecular formula is C31H19Cl2F5N4O6. The Labute approximate surface area is 275 Å². The van der Waals surface area contributed by atoms with Gasteiger partial charge in [0, 0.05) is 17.9 Å². The fourth-order valence-corrected chi connectivity index (χ4v) is 7.82. The summed E-state index contributed by atoms with van der Waals surface area (Å²) in [7, 11) is 1.21. The SMILES string of the molecule is COc1cccc(C2C3=CCn4c(=O)n(-c5ccccc5)c(=O)n4C3CC3(Cl)C(=O)N(c4c(F)c(F)c(F)c(F)c4F)C(=O)C23Cl)c1O. The number of para-hydroxylation sites is 2. The van der Waals surface area contributed by atoms with Crippen LogP contribution in [0.15, 0.2) is 69.8 Å². The number of aromatic nitrogens is 3. The zero-order valence-electron chi connectivity index (χ0n) is 24.2. The van der Waals surface area contributed by atoms with Crippen LogP contribution in [0.3, 0.4) is 0 Å². The predicted molar refractivity (Wildman–Crippen MR) is 159 cm³/mol. The molecule has 248 valence electrons. The number of imide groups is 1. The van der Waals surface area contributed by atoms with E-state index in [0.29, 0.717) is 0 Å². The summed E-state index contributed by atoms with van der Waals surface area (Å²) in [5, 5.41) is 11.3. The lowest BCUT2D eigenvalue weighted by Crippen LogP contribution is -2.59. The molecule has 3 aromatic carbocycles. The number of amides is 2. The Morgan fingerprint density at radius 3 is 2.08 bits per heavy atom. The van der Waals surface area contributed by atoms with Crippen LogP contribution < -0.4 is 21.0 Å². The molecule has 17 heteroatoms. The molecule has 4 atom stereocenters. The molecule has 7 rings (SSSR count). The topological polar surface area (TPSA) is 116 Å². The number of anilines is 1. The molecule has 0 bridgehead atoms. The third kappa shape index (κ3) is 3.79. The quantitative estimate of drug-likeness (QED) is 0.0839. The van der Waals surface area contributed by atoms with E-state index in [1.54, 1.807) is 18.2 Å². The van der Waals surface area contributed by atoms with Gasteiger partial charge in [0.15, 0.2) is 44.5 Å². The van der Waals surface area contributed by atoms with E-state index in [1.807, 2.05) is 0 Å². The van der Waals surface area contributed by atoms with Crippen LogP contribution in [-0.4, -0.2) is 47.7 Å². The summed E-state index contributed by atoms with van der Waals surface area (Å²) in [6.45, 7) is -0.285. The number of nitrogens with zero attached hydrogens (tertiary/aromatic N) is 4. The maximum atomic E-state index is 15.2. The molecule has 1 N–H and O–H groups in total. The minimum atomic E-state index is -2.81. The average Bonchev–Trinajstić information content (AvgIpc) is 3.42. The highest BCUT2D eigenvalue weighted by molar-refractivity contribution is 6.58. The van der Waals surface area contributed by atoms with Gasteiger partial charge in [0.2, 0.25) is 5.82 Å². The second-order valence-electron chi connectivity index (χ2n) is 11.3. The second-order valence-corrected chi connectivity index (χ2v) is 12.5. The van der Waals surface area contributed by atoms with Crippen molar-refractivity contribution in [1.82, 2.24) is 13.9 Å². The first-order valence-corrected chi connectivity index (χ1v) is 14.8. The highest BCUT2D eigenvalue weighted by Gasteiger charge is 2.76. The molecule has 1 aliphatic carbocycles. The Morgan fingerprint density at radius 1 is 0.833 bits per heavy atom. The zero-order chi connectivity index (χ0) is 34.6. The number of alkyl halides is 2. The fraction of sp³-hybridized carbons (Fsp3) is 0.226. The van der Waals surface area contributed by atoms with Crippen LogP contribution in [0.4, 0.5) is 27.6 Å². The summed E-state index contributed by atoms with van der Waals surface area (Å²) in [5.41, 5.74) is -3.52. The van der Waals surface area contributed by atoms with Crippen molar-refractivity contribution in [2.75, 3.05) is 12.0 Å². The van der Waals surface area contributed by atoms with Crippen molar-refractivity contribution in [3.05, 3.63) is 116 Å². The molecule has 1 aromatic heterocycles. The molecular weight excluding hydrogens is 690 g/mol. The number of carbonyl (C=O) groups excluding carboxylic acids is 2. The highest BCUT2D eigenvalue weighted by Crippen LogP contribution is 2.65. The molecule has 2 fully saturated rings. The molecule has 48 heavy (non-hydrogen) atoms. The molecule has 3 aliphatic rings. The highest BCUT2D eigenvalue weighted by atomic mass is 35.5. The van der Waals surface area contributed by atoms with E-state index in [-0.39, 0.29) is 34.0 Å². The number of ether oxygens (including phenoxy) is 1. The number of carbonyl (C=O) groups is 2. The van der Waals surface area contributed by atoms with Crippen molar-refractivity contribution in [1.29, 1.82) is 0 Å². The number of phenols is 1. The summed E-state index contributed by atoms with van der Waals surface area (Å²) in [4.78, 5) is 50.1.